The summed E-state index contributed by atoms with van der Waals surface area (Å²) in [5.41, 5.74) is 1.43. The number of fused-ring (bicyclic) bond motifs is 2. The molecule has 0 saturated heterocycles. The monoisotopic (exact) mass is 435 g/mol. The Hall–Kier alpha value is -3.12. The largest absolute Gasteiger partial charge is 0.445 e. The predicted octanol–water partition coefficient (Wildman–Crippen LogP) is 4.97. The van der Waals surface area contributed by atoms with Gasteiger partial charge < -0.3 is 20.3 Å². The van der Waals surface area contributed by atoms with Crippen molar-refractivity contribution in [3.8, 4) is 0 Å². The smallest absolute Gasteiger partial charge is 0.407 e. The Morgan fingerprint density at radius 1 is 0.839 bits per heavy atom. The molecule has 2 atom stereocenters. The zero-order valence-electron chi connectivity index (χ0n) is 16.7. The number of benzene rings is 4. The molecule has 0 aliphatic heterocycles. The summed E-state index contributed by atoms with van der Waals surface area (Å²) < 4.78 is 5.16. The van der Waals surface area contributed by atoms with Gasteiger partial charge >= 0.3 is 6.09 Å². The van der Waals surface area contributed by atoms with Gasteiger partial charge in [-0.1, -0.05) is 90.5 Å². The van der Waals surface area contributed by atoms with Crippen molar-refractivity contribution in [1.82, 2.24) is 5.32 Å². The second-order valence-corrected chi connectivity index (χ2v) is 7.65. The van der Waals surface area contributed by atoms with Crippen LogP contribution >= 0.6 is 11.6 Å². The van der Waals surface area contributed by atoms with Crippen LogP contribution in [-0.2, 0) is 11.3 Å². The van der Waals surface area contributed by atoms with Gasteiger partial charge in [-0.05, 0) is 21.9 Å². The second kappa shape index (κ2) is 9.35. The van der Waals surface area contributed by atoms with Crippen molar-refractivity contribution < 1.29 is 19.7 Å². The molecule has 1 amide bonds. The van der Waals surface area contributed by atoms with Gasteiger partial charge in [0, 0.05) is 17.3 Å². The van der Waals surface area contributed by atoms with Gasteiger partial charge in [-0.25, -0.2) is 4.79 Å². The summed E-state index contributed by atoms with van der Waals surface area (Å²) in [6, 6.07) is 24.2. The molecular formula is C25H22ClNO4. The maximum absolute atomic E-state index is 12.0. The number of hydrogen-bond donors (Lipinski definition) is 3. The van der Waals surface area contributed by atoms with Crippen molar-refractivity contribution in [3.05, 3.63) is 95.0 Å². The SMILES string of the molecule is O=C(NCC(O)C(O)c1c2ccccc2c(Cl)c2ccccc12)OCc1ccccc1. The van der Waals surface area contributed by atoms with Crippen LogP contribution in [0.3, 0.4) is 0 Å². The van der Waals surface area contributed by atoms with Crippen LogP contribution in [-0.4, -0.2) is 29.0 Å². The highest BCUT2D eigenvalue weighted by Crippen LogP contribution is 2.39. The molecule has 0 aliphatic carbocycles. The van der Waals surface area contributed by atoms with Crippen molar-refractivity contribution in [2.75, 3.05) is 6.54 Å². The number of amides is 1. The number of carbonyl (C=O) groups excluding carboxylic acids is 1. The fraction of sp³-hybridized carbons (Fsp3) is 0.160. The van der Waals surface area contributed by atoms with Crippen molar-refractivity contribution in [2.24, 2.45) is 0 Å². The van der Waals surface area contributed by atoms with Gasteiger partial charge in [-0.3, -0.25) is 0 Å². The van der Waals surface area contributed by atoms with Crippen molar-refractivity contribution in [2.45, 2.75) is 18.8 Å². The van der Waals surface area contributed by atoms with E-state index in [0.29, 0.717) is 10.6 Å². The van der Waals surface area contributed by atoms with Crippen molar-refractivity contribution in [1.29, 1.82) is 0 Å². The number of aliphatic hydroxyl groups excluding tert-OH is 2. The second-order valence-electron chi connectivity index (χ2n) is 7.27. The molecule has 4 aromatic carbocycles. The van der Waals surface area contributed by atoms with Crippen LogP contribution in [0, 0.1) is 0 Å². The zero-order chi connectivity index (χ0) is 21.8. The fourth-order valence-electron chi connectivity index (χ4n) is 3.69. The van der Waals surface area contributed by atoms with Gasteiger partial charge in [-0.15, -0.1) is 0 Å². The van der Waals surface area contributed by atoms with E-state index in [1.807, 2.05) is 78.9 Å². The van der Waals surface area contributed by atoms with E-state index < -0.39 is 18.3 Å². The Bertz CT molecular complexity index is 1160. The first-order valence-corrected chi connectivity index (χ1v) is 10.3. The average molecular weight is 436 g/mol. The van der Waals surface area contributed by atoms with E-state index in [4.69, 9.17) is 16.3 Å². The molecule has 0 fully saturated rings. The average Bonchev–Trinajstić information content (AvgIpc) is 2.82. The number of ether oxygens (including phenoxy) is 1. The molecule has 5 nitrogen and oxygen atoms in total. The summed E-state index contributed by atoms with van der Waals surface area (Å²) in [6.07, 6.45) is -3.14. The number of alkyl carbamates (subject to hydrolysis) is 1. The summed E-state index contributed by atoms with van der Waals surface area (Å²) in [5, 5.41) is 27.9. The number of halogens is 1. The third-order valence-electron chi connectivity index (χ3n) is 5.24. The lowest BCUT2D eigenvalue weighted by molar-refractivity contribution is 0.0200. The van der Waals surface area contributed by atoms with Crippen LogP contribution in [0.25, 0.3) is 21.5 Å². The van der Waals surface area contributed by atoms with Gasteiger partial charge in [0.05, 0.1) is 5.02 Å². The Morgan fingerprint density at radius 3 is 1.94 bits per heavy atom. The van der Waals surface area contributed by atoms with Crippen LogP contribution < -0.4 is 5.32 Å². The van der Waals surface area contributed by atoms with Gasteiger partial charge in [0.25, 0.3) is 0 Å². The van der Waals surface area contributed by atoms with Gasteiger partial charge in [0.15, 0.2) is 0 Å². The lowest BCUT2D eigenvalue weighted by atomic mass is 9.91. The molecule has 6 heteroatoms. The number of aliphatic hydroxyl groups is 2. The molecule has 3 N–H and O–H groups in total. The first kappa shape index (κ1) is 21.1. The highest BCUT2D eigenvalue weighted by atomic mass is 35.5. The molecule has 4 rings (SSSR count). The van der Waals surface area contributed by atoms with Crippen LogP contribution in [0.15, 0.2) is 78.9 Å². The van der Waals surface area contributed by atoms with Crippen molar-refractivity contribution >= 4 is 39.2 Å². The minimum atomic E-state index is -1.24. The minimum Gasteiger partial charge on any atom is -0.445 e. The fourth-order valence-corrected chi connectivity index (χ4v) is 4.02. The topological polar surface area (TPSA) is 78.8 Å². The minimum absolute atomic E-state index is 0.123. The van der Waals surface area contributed by atoms with Crippen molar-refractivity contribution in [3.63, 3.8) is 0 Å². The Kier molecular flexibility index (Phi) is 6.37. The Labute approximate surface area is 184 Å². The Balaban J connectivity index is 1.52. The van der Waals surface area contributed by atoms with E-state index in [1.165, 1.54) is 0 Å². The summed E-state index contributed by atoms with van der Waals surface area (Å²) >= 11 is 6.60. The molecular weight excluding hydrogens is 414 g/mol. The summed E-state index contributed by atoms with van der Waals surface area (Å²) in [7, 11) is 0. The van der Waals surface area contributed by atoms with E-state index in [-0.39, 0.29) is 13.2 Å². The van der Waals surface area contributed by atoms with E-state index in [1.54, 1.807) is 0 Å². The van der Waals surface area contributed by atoms with Gasteiger partial charge in [-0.2, -0.15) is 0 Å². The van der Waals surface area contributed by atoms with E-state index >= 15 is 0 Å². The van der Waals surface area contributed by atoms with Crippen LogP contribution in [0.2, 0.25) is 5.02 Å². The van der Waals surface area contributed by atoms with E-state index in [9.17, 15) is 15.0 Å². The number of carbonyl (C=O) groups is 1. The molecule has 31 heavy (non-hydrogen) atoms. The lowest BCUT2D eigenvalue weighted by Gasteiger charge is -2.22. The summed E-state index contributed by atoms with van der Waals surface area (Å²) in [6.45, 7) is -0.0438. The number of nitrogens with one attached hydrogen (secondary N) is 1. The summed E-state index contributed by atoms with van der Waals surface area (Å²) in [4.78, 5) is 12.0. The molecule has 4 aromatic rings. The number of rotatable bonds is 6. The quantitative estimate of drug-likeness (QED) is 0.374. The molecule has 0 saturated carbocycles. The Morgan fingerprint density at radius 2 is 1.35 bits per heavy atom. The highest BCUT2D eigenvalue weighted by Gasteiger charge is 2.25. The molecule has 0 heterocycles. The first-order chi connectivity index (χ1) is 15.1. The molecule has 0 aromatic heterocycles. The third kappa shape index (κ3) is 4.49. The maximum atomic E-state index is 12.0. The lowest BCUT2D eigenvalue weighted by Crippen LogP contribution is -2.35. The van der Waals surface area contributed by atoms with Crippen LogP contribution in [0.1, 0.15) is 17.2 Å². The first-order valence-electron chi connectivity index (χ1n) is 9.96. The van der Waals surface area contributed by atoms with Crippen LogP contribution in [0.4, 0.5) is 4.79 Å². The predicted molar refractivity (Wildman–Crippen MR) is 122 cm³/mol. The molecule has 0 radical (unpaired) electrons. The normalized spacial score (nSPS) is 13.1. The number of hydrogen-bond acceptors (Lipinski definition) is 4. The van der Waals surface area contributed by atoms with Gasteiger partial charge in [0.2, 0.25) is 0 Å². The molecule has 2 unspecified atom stereocenters. The standard InChI is InChI=1S/C25H22ClNO4/c26-23-19-12-6-4-10-17(19)22(18-11-5-7-13-20(18)23)24(29)21(28)14-27-25(30)31-15-16-8-2-1-3-9-16/h1-13,21,24,28-29H,14-15H2,(H,27,30). The van der Waals surface area contributed by atoms with Crippen LogP contribution in [0.5, 0.6) is 0 Å². The van der Waals surface area contributed by atoms with E-state index in [0.717, 1.165) is 27.1 Å². The zero-order valence-corrected chi connectivity index (χ0v) is 17.4. The molecule has 0 spiro atoms. The molecule has 158 valence electrons. The van der Waals surface area contributed by atoms with E-state index in [2.05, 4.69) is 5.32 Å². The molecule has 0 bridgehead atoms. The summed E-state index contributed by atoms with van der Waals surface area (Å²) in [5.74, 6) is 0. The third-order valence-corrected chi connectivity index (χ3v) is 5.64. The maximum Gasteiger partial charge on any atom is 0.407 e. The molecule has 0 aliphatic rings. The van der Waals surface area contributed by atoms with Gasteiger partial charge in [0.1, 0.15) is 18.8 Å². The highest BCUT2D eigenvalue weighted by molar-refractivity contribution is 6.41.